The molecule has 0 heterocycles. The van der Waals surface area contributed by atoms with Crippen LogP contribution in [0.4, 0.5) is 0 Å². The maximum Gasteiger partial charge on any atom is 0.298 e. The summed E-state index contributed by atoms with van der Waals surface area (Å²) in [6.45, 7) is 7.37. The minimum atomic E-state index is 0.380. The van der Waals surface area contributed by atoms with Crippen LogP contribution in [0, 0.1) is 0 Å². The highest BCUT2D eigenvalue weighted by atomic mass is 16.5. The third kappa shape index (κ3) is 4.81. The zero-order valence-corrected chi connectivity index (χ0v) is 5.30. The number of ether oxygens (including phenoxy) is 1. The molecule has 0 aliphatic rings. The van der Waals surface area contributed by atoms with Gasteiger partial charge in [0, 0.05) is 6.42 Å². The zero-order valence-electron chi connectivity index (χ0n) is 5.30. The normalized spacial score (nSPS) is 8.00. The summed E-state index contributed by atoms with van der Waals surface area (Å²) in [5, 5.41) is 0. The number of allylic oxidation sites excluding steroid dienone is 2. The van der Waals surface area contributed by atoms with Crippen LogP contribution in [0.3, 0.4) is 0 Å². The lowest BCUT2D eigenvalue weighted by Gasteiger charge is -1.96. The molecule has 0 atom stereocenters. The Bertz CT molecular complexity index is 116. The standard InChI is InChI=1S/C7H10O2/c1-3-4-5-7(2)9-6-8/h3,6H,1-2,4-5H2. The van der Waals surface area contributed by atoms with Crippen LogP contribution in [-0.2, 0) is 9.53 Å². The Morgan fingerprint density at radius 3 is 2.78 bits per heavy atom. The maximum absolute atomic E-state index is 9.67. The quantitative estimate of drug-likeness (QED) is 0.318. The van der Waals surface area contributed by atoms with Crippen molar-refractivity contribution in [3.8, 4) is 0 Å². The van der Waals surface area contributed by atoms with Gasteiger partial charge in [0.1, 0.15) is 5.76 Å². The molecule has 0 aliphatic carbocycles. The second kappa shape index (κ2) is 5.09. The van der Waals surface area contributed by atoms with Crippen LogP contribution in [0.1, 0.15) is 12.8 Å². The third-order valence-electron chi connectivity index (χ3n) is 0.842. The fourth-order valence-corrected chi connectivity index (χ4v) is 0.390. The highest BCUT2D eigenvalue weighted by Gasteiger charge is 1.89. The third-order valence-corrected chi connectivity index (χ3v) is 0.842. The van der Waals surface area contributed by atoms with Crippen molar-refractivity contribution in [2.24, 2.45) is 0 Å². The molecule has 0 amide bonds. The van der Waals surface area contributed by atoms with E-state index in [1.165, 1.54) is 0 Å². The van der Waals surface area contributed by atoms with Gasteiger partial charge in [0.25, 0.3) is 6.47 Å². The fourth-order valence-electron chi connectivity index (χ4n) is 0.390. The van der Waals surface area contributed by atoms with E-state index >= 15 is 0 Å². The predicted octanol–water partition coefficient (Wildman–Crippen LogP) is 1.64. The van der Waals surface area contributed by atoms with Crippen LogP contribution >= 0.6 is 0 Å². The molecule has 0 bridgehead atoms. The summed E-state index contributed by atoms with van der Waals surface area (Å²) in [4.78, 5) is 9.67. The van der Waals surface area contributed by atoms with Gasteiger partial charge in [-0.1, -0.05) is 12.7 Å². The number of carbonyl (C=O) groups is 1. The SMILES string of the molecule is C=CCCC(=C)OC=O. The zero-order chi connectivity index (χ0) is 7.11. The summed E-state index contributed by atoms with van der Waals surface area (Å²) in [6.07, 6.45) is 3.22. The average Bonchev–Trinajstić information content (AvgIpc) is 1.85. The molecule has 0 aromatic carbocycles. The van der Waals surface area contributed by atoms with Crippen LogP contribution in [-0.4, -0.2) is 6.47 Å². The van der Waals surface area contributed by atoms with Gasteiger partial charge in [-0.05, 0) is 6.42 Å². The van der Waals surface area contributed by atoms with Crippen molar-refractivity contribution in [3.63, 3.8) is 0 Å². The highest BCUT2D eigenvalue weighted by Crippen LogP contribution is 2.01. The smallest absolute Gasteiger partial charge is 0.298 e. The van der Waals surface area contributed by atoms with Gasteiger partial charge in [-0.3, -0.25) is 4.79 Å². The molecule has 0 fully saturated rings. The molecular weight excluding hydrogens is 116 g/mol. The van der Waals surface area contributed by atoms with Crippen molar-refractivity contribution < 1.29 is 9.53 Å². The molecular formula is C7H10O2. The van der Waals surface area contributed by atoms with Crippen molar-refractivity contribution in [2.75, 3.05) is 0 Å². The number of carbonyl (C=O) groups excluding carboxylic acids is 1. The molecule has 0 radical (unpaired) electrons. The molecule has 0 aromatic rings. The molecule has 0 saturated heterocycles. The molecule has 0 saturated carbocycles. The number of hydrogen-bond donors (Lipinski definition) is 0. The minimum Gasteiger partial charge on any atom is -0.434 e. The van der Waals surface area contributed by atoms with E-state index in [0.717, 1.165) is 6.42 Å². The Balaban J connectivity index is 3.26. The molecule has 50 valence electrons. The second-order valence-corrected chi connectivity index (χ2v) is 1.58. The molecule has 2 heteroatoms. The molecule has 2 nitrogen and oxygen atoms in total. The second-order valence-electron chi connectivity index (χ2n) is 1.58. The van der Waals surface area contributed by atoms with E-state index in [-0.39, 0.29) is 0 Å². The Morgan fingerprint density at radius 2 is 2.33 bits per heavy atom. The first-order valence-electron chi connectivity index (χ1n) is 2.70. The van der Waals surface area contributed by atoms with Gasteiger partial charge in [-0.2, -0.15) is 0 Å². The first kappa shape index (κ1) is 7.95. The van der Waals surface area contributed by atoms with Crippen molar-refractivity contribution in [2.45, 2.75) is 12.8 Å². The lowest BCUT2D eigenvalue weighted by Crippen LogP contribution is -1.85. The molecule has 0 spiro atoms. The van der Waals surface area contributed by atoms with Crippen LogP contribution in [0.5, 0.6) is 0 Å². The van der Waals surface area contributed by atoms with E-state index in [0.29, 0.717) is 18.7 Å². The first-order valence-corrected chi connectivity index (χ1v) is 2.70. The molecule has 0 aliphatic heterocycles. The van der Waals surface area contributed by atoms with E-state index < -0.39 is 0 Å². The van der Waals surface area contributed by atoms with Gasteiger partial charge in [0.2, 0.25) is 0 Å². The monoisotopic (exact) mass is 126 g/mol. The van der Waals surface area contributed by atoms with Crippen LogP contribution < -0.4 is 0 Å². The van der Waals surface area contributed by atoms with E-state index in [2.05, 4.69) is 17.9 Å². The van der Waals surface area contributed by atoms with Gasteiger partial charge in [-0.15, -0.1) is 6.58 Å². The highest BCUT2D eigenvalue weighted by molar-refractivity contribution is 5.39. The van der Waals surface area contributed by atoms with Gasteiger partial charge < -0.3 is 4.74 Å². The van der Waals surface area contributed by atoms with Gasteiger partial charge in [0.05, 0.1) is 0 Å². The van der Waals surface area contributed by atoms with E-state index in [1.54, 1.807) is 6.08 Å². The number of rotatable bonds is 5. The lowest BCUT2D eigenvalue weighted by molar-refractivity contribution is -0.125. The average molecular weight is 126 g/mol. The van der Waals surface area contributed by atoms with Crippen LogP contribution in [0.25, 0.3) is 0 Å². The van der Waals surface area contributed by atoms with Crippen LogP contribution in [0.15, 0.2) is 25.0 Å². The summed E-state index contributed by atoms with van der Waals surface area (Å²) in [6, 6.07) is 0. The van der Waals surface area contributed by atoms with Crippen molar-refractivity contribution >= 4 is 6.47 Å². The first-order chi connectivity index (χ1) is 4.31. The molecule has 0 N–H and O–H groups in total. The van der Waals surface area contributed by atoms with E-state index in [9.17, 15) is 4.79 Å². The number of hydrogen-bond acceptors (Lipinski definition) is 2. The summed E-state index contributed by atoms with van der Waals surface area (Å²) in [7, 11) is 0. The molecule has 0 aromatic heterocycles. The van der Waals surface area contributed by atoms with Gasteiger partial charge >= 0.3 is 0 Å². The minimum absolute atomic E-state index is 0.380. The summed E-state index contributed by atoms with van der Waals surface area (Å²) >= 11 is 0. The largest absolute Gasteiger partial charge is 0.434 e. The van der Waals surface area contributed by atoms with Gasteiger partial charge in [-0.25, -0.2) is 0 Å². The van der Waals surface area contributed by atoms with Crippen molar-refractivity contribution in [1.29, 1.82) is 0 Å². The van der Waals surface area contributed by atoms with Crippen molar-refractivity contribution in [3.05, 3.63) is 25.0 Å². The summed E-state index contributed by atoms with van der Waals surface area (Å²) in [5.41, 5.74) is 0. The maximum atomic E-state index is 9.67. The van der Waals surface area contributed by atoms with Gasteiger partial charge in [0.15, 0.2) is 0 Å². The Labute approximate surface area is 54.8 Å². The topological polar surface area (TPSA) is 26.3 Å². The fraction of sp³-hybridized carbons (Fsp3) is 0.286. The molecule has 0 unspecified atom stereocenters. The Morgan fingerprint density at radius 1 is 1.67 bits per heavy atom. The van der Waals surface area contributed by atoms with E-state index in [4.69, 9.17) is 0 Å². The Hall–Kier alpha value is -1.05. The summed E-state index contributed by atoms with van der Waals surface area (Å²) in [5.74, 6) is 0.491. The summed E-state index contributed by atoms with van der Waals surface area (Å²) < 4.78 is 4.42. The molecule has 0 rings (SSSR count). The van der Waals surface area contributed by atoms with Crippen LogP contribution in [0.2, 0.25) is 0 Å². The lowest BCUT2D eigenvalue weighted by atomic mass is 10.3. The van der Waals surface area contributed by atoms with Crippen molar-refractivity contribution in [1.82, 2.24) is 0 Å². The predicted molar refractivity (Wildman–Crippen MR) is 35.7 cm³/mol. The Kier molecular flexibility index (Phi) is 4.50. The molecule has 9 heavy (non-hydrogen) atoms. The van der Waals surface area contributed by atoms with E-state index in [1.807, 2.05) is 0 Å².